The zero-order valence-corrected chi connectivity index (χ0v) is 45.2. The summed E-state index contributed by atoms with van der Waals surface area (Å²) < 4.78 is 22.0. The lowest BCUT2D eigenvalue weighted by Crippen LogP contribution is -2.58. The number of aliphatic carboxylic acids is 1. The fourth-order valence-corrected chi connectivity index (χ4v) is 9.01. The molecule has 4 heterocycles. The van der Waals surface area contributed by atoms with Crippen molar-refractivity contribution in [2.45, 2.75) is 84.3 Å². The fraction of sp³-hybridized carbons (Fsp3) is 0.481. The summed E-state index contributed by atoms with van der Waals surface area (Å²) in [7, 11) is 1.82. The van der Waals surface area contributed by atoms with Gasteiger partial charge in [0.15, 0.2) is 17.0 Å². The molecule has 1 aliphatic rings. The molecule has 25 nitrogen and oxygen atoms in total. The monoisotopic (exact) mass is 1100 g/mol. The Kier molecular flexibility index (Phi) is 22.0. The Bertz CT molecular complexity index is 2830. The molecule has 2 aromatic carbocycles. The van der Waals surface area contributed by atoms with Gasteiger partial charge in [0.05, 0.1) is 86.9 Å². The minimum atomic E-state index is -1.30. The Balaban J connectivity index is 0.777. The summed E-state index contributed by atoms with van der Waals surface area (Å²) in [5, 5.41) is 31.1. The number of nitrogens with two attached hydrogens (primary N) is 2. The standard InChI is InChI=1S/C52H69N13O12S/c1-31-43(78-30-58-31)33-8-6-32(7-9-33)25-57-48(70)39-24-37(66)28-65(39)49(71)44(52(2,3)4)61-41(68)29-77-23-22-76-21-20-75-19-18-74-17-16-55-40(67)15-14-38(50(72)73)60-47(69)34-10-12-36(13-11-34)64(5)27-35-26-56-46-42(59-35)45(53)62-51(54)63-46/h6-13,26,30,37-39,44,66H,14-25,27-29H2,1-5H3,(H,55,67)(H,57,70)(H,60,69)(H,61,68)(H,72,73)(H4,53,54,56,62,63)/t37-,38+,39?,44?/m1/s1. The van der Waals surface area contributed by atoms with Gasteiger partial charge in [-0.15, -0.1) is 11.3 Å². The van der Waals surface area contributed by atoms with E-state index in [0.29, 0.717) is 17.8 Å². The second-order valence-electron chi connectivity index (χ2n) is 19.5. The summed E-state index contributed by atoms with van der Waals surface area (Å²) in [5.74, 6) is -3.58. The molecule has 6 rings (SSSR count). The van der Waals surface area contributed by atoms with Gasteiger partial charge in [0, 0.05) is 50.8 Å². The Hall–Kier alpha value is -7.49. The van der Waals surface area contributed by atoms with Gasteiger partial charge >= 0.3 is 5.97 Å². The molecule has 3 aromatic heterocycles. The van der Waals surface area contributed by atoms with E-state index < -0.39 is 65.1 Å². The molecule has 420 valence electrons. The van der Waals surface area contributed by atoms with Crippen LogP contribution in [0.5, 0.6) is 0 Å². The van der Waals surface area contributed by atoms with E-state index in [-0.39, 0.29) is 115 Å². The Morgan fingerprint density at radius 2 is 1.51 bits per heavy atom. The number of fused-ring (bicyclic) bond motifs is 1. The highest BCUT2D eigenvalue weighted by Crippen LogP contribution is 2.29. The molecule has 26 heteroatoms. The quantitative estimate of drug-likeness (QED) is 0.0315. The van der Waals surface area contributed by atoms with E-state index in [1.807, 2.05) is 43.1 Å². The Morgan fingerprint density at radius 3 is 2.15 bits per heavy atom. The van der Waals surface area contributed by atoms with Crippen LogP contribution in [0.15, 0.2) is 60.2 Å². The molecule has 0 spiro atoms. The number of nitrogens with zero attached hydrogens (tertiary/aromatic N) is 7. The van der Waals surface area contributed by atoms with Crippen LogP contribution in [0.4, 0.5) is 17.5 Å². The summed E-state index contributed by atoms with van der Waals surface area (Å²) in [6.07, 6.45) is 0.442. The SMILES string of the molecule is Cc1ncsc1-c1ccc(CNC(=O)C2C[C@@H](O)CN2C(=O)C(NC(=O)COCCOCCOCCOCCNC(=O)CC[C@H](NC(=O)c2ccc(N(C)Cc3cnc4nc(N)nc(N)c4n3)cc2)C(=O)O)C(C)(C)C)cc1. The van der Waals surface area contributed by atoms with Gasteiger partial charge in [0.2, 0.25) is 29.6 Å². The molecular weight excluding hydrogens is 1030 g/mol. The molecule has 78 heavy (non-hydrogen) atoms. The molecule has 5 aromatic rings. The lowest BCUT2D eigenvalue weighted by molar-refractivity contribution is -0.144. The highest BCUT2D eigenvalue weighted by Gasteiger charge is 2.44. The predicted octanol–water partition coefficient (Wildman–Crippen LogP) is 1.61. The van der Waals surface area contributed by atoms with E-state index in [0.717, 1.165) is 27.4 Å². The average Bonchev–Trinajstić information content (AvgIpc) is 4.11. The largest absolute Gasteiger partial charge is 0.480 e. The highest BCUT2D eigenvalue weighted by atomic mass is 32.1. The first-order valence-corrected chi connectivity index (χ1v) is 26.2. The second kappa shape index (κ2) is 28.8. The van der Waals surface area contributed by atoms with Crippen LogP contribution in [0.25, 0.3) is 21.6 Å². The number of aromatic nitrogens is 5. The van der Waals surface area contributed by atoms with Gasteiger partial charge in [-0.25, -0.2) is 19.7 Å². The first-order valence-electron chi connectivity index (χ1n) is 25.3. The van der Waals surface area contributed by atoms with Crippen LogP contribution in [0.2, 0.25) is 0 Å². The fourth-order valence-electron chi connectivity index (χ4n) is 8.19. The third-order valence-corrected chi connectivity index (χ3v) is 13.3. The van der Waals surface area contributed by atoms with Crippen molar-refractivity contribution in [3.63, 3.8) is 0 Å². The van der Waals surface area contributed by atoms with Crippen molar-refractivity contribution in [2.24, 2.45) is 5.41 Å². The summed E-state index contributed by atoms with van der Waals surface area (Å²) >= 11 is 1.56. The van der Waals surface area contributed by atoms with Crippen LogP contribution >= 0.6 is 11.3 Å². The number of aliphatic hydroxyl groups excluding tert-OH is 1. The van der Waals surface area contributed by atoms with Gasteiger partial charge in [0.25, 0.3) is 5.91 Å². The normalized spacial score (nSPS) is 15.1. The van der Waals surface area contributed by atoms with Gasteiger partial charge in [-0.3, -0.25) is 24.0 Å². The molecule has 10 N–H and O–H groups in total. The third kappa shape index (κ3) is 17.8. The van der Waals surface area contributed by atoms with E-state index in [1.165, 1.54) is 4.90 Å². The zero-order chi connectivity index (χ0) is 56.4. The molecule has 2 unspecified atom stereocenters. The molecule has 1 aliphatic heterocycles. The topological polar surface area (TPSA) is 351 Å². The minimum Gasteiger partial charge on any atom is -0.480 e. The van der Waals surface area contributed by atoms with Crippen LogP contribution < -0.4 is 37.6 Å². The number of β-amino-alcohol motifs (C(OH)–C–C–N with tert-alkyl or cyclic N) is 1. The van der Waals surface area contributed by atoms with Crippen LogP contribution in [-0.4, -0.2) is 173 Å². The number of aryl methyl sites for hydroxylation is 1. The van der Waals surface area contributed by atoms with Crippen molar-refractivity contribution in [1.82, 2.24) is 51.1 Å². The number of likely N-dealkylation sites (tertiary alicyclic amines) is 1. The van der Waals surface area contributed by atoms with Crippen LogP contribution in [0, 0.1) is 12.3 Å². The zero-order valence-electron chi connectivity index (χ0n) is 44.4. The first-order chi connectivity index (χ1) is 37.3. The number of aliphatic hydroxyl groups is 1. The number of ether oxygens (including phenoxy) is 4. The van der Waals surface area contributed by atoms with Gasteiger partial charge in [-0.2, -0.15) is 9.97 Å². The molecule has 1 fully saturated rings. The molecule has 0 radical (unpaired) electrons. The van der Waals surface area contributed by atoms with Crippen molar-refractivity contribution in [1.29, 1.82) is 0 Å². The number of carbonyl (C=O) groups excluding carboxylic acids is 5. The number of hydrogen-bond acceptors (Lipinski definition) is 20. The third-order valence-electron chi connectivity index (χ3n) is 12.4. The van der Waals surface area contributed by atoms with Crippen molar-refractivity contribution < 1.29 is 57.9 Å². The van der Waals surface area contributed by atoms with Crippen LogP contribution in [0.3, 0.4) is 0 Å². The molecule has 0 saturated carbocycles. The van der Waals surface area contributed by atoms with Crippen molar-refractivity contribution in [3.05, 3.63) is 82.8 Å². The first kappa shape index (κ1) is 59.7. The number of amides is 5. The number of hydrogen-bond donors (Lipinski definition) is 8. The maximum absolute atomic E-state index is 13.9. The molecule has 1 saturated heterocycles. The number of thiazole rings is 1. The van der Waals surface area contributed by atoms with Gasteiger partial charge in [0.1, 0.15) is 24.7 Å². The predicted molar refractivity (Wildman–Crippen MR) is 289 cm³/mol. The maximum Gasteiger partial charge on any atom is 0.326 e. The Labute approximate surface area is 455 Å². The number of nitrogen functional groups attached to an aromatic ring is 2. The summed E-state index contributed by atoms with van der Waals surface area (Å²) in [4.78, 5) is 103. The second-order valence-corrected chi connectivity index (χ2v) is 20.3. The Morgan fingerprint density at radius 1 is 0.846 bits per heavy atom. The lowest BCUT2D eigenvalue weighted by atomic mass is 9.85. The number of rotatable bonds is 29. The molecule has 0 bridgehead atoms. The summed E-state index contributed by atoms with van der Waals surface area (Å²) in [6.45, 7) is 9.20. The maximum atomic E-state index is 13.9. The van der Waals surface area contributed by atoms with Crippen LogP contribution in [-0.2, 0) is 56.0 Å². The van der Waals surface area contributed by atoms with Crippen molar-refractivity contribution in [2.75, 3.05) is 89.4 Å². The van der Waals surface area contributed by atoms with Gasteiger partial charge in [-0.1, -0.05) is 45.0 Å². The van der Waals surface area contributed by atoms with Gasteiger partial charge in [-0.05, 0) is 54.2 Å². The van der Waals surface area contributed by atoms with Gasteiger partial charge < -0.3 is 71.7 Å². The summed E-state index contributed by atoms with van der Waals surface area (Å²) in [6, 6.07) is 11.1. The number of anilines is 3. The average molecular weight is 1100 g/mol. The number of carbonyl (C=O) groups is 6. The van der Waals surface area contributed by atoms with E-state index in [2.05, 4.69) is 46.2 Å². The van der Waals surface area contributed by atoms with Crippen molar-refractivity contribution >= 4 is 75.5 Å². The number of carboxylic acids is 1. The number of carboxylic acid groups (broad SMARTS) is 1. The lowest BCUT2D eigenvalue weighted by Gasteiger charge is -2.35. The number of benzene rings is 2. The minimum absolute atomic E-state index is 0.00214. The van der Waals surface area contributed by atoms with Crippen LogP contribution in [0.1, 0.15) is 67.3 Å². The number of nitrogens with one attached hydrogen (secondary N) is 4. The highest BCUT2D eigenvalue weighted by molar-refractivity contribution is 7.13. The summed E-state index contributed by atoms with van der Waals surface area (Å²) in [5.41, 5.74) is 17.7. The molecule has 4 atom stereocenters. The molecule has 0 aliphatic carbocycles. The van der Waals surface area contributed by atoms with E-state index in [9.17, 15) is 39.0 Å². The van der Waals surface area contributed by atoms with E-state index >= 15 is 0 Å². The smallest absolute Gasteiger partial charge is 0.326 e. The van der Waals surface area contributed by atoms with Crippen molar-refractivity contribution in [3.8, 4) is 10.4 Å². The van der Waals surface area contributed by atoms with E-state index in [4.69, 9.17) is 30.4 Å². The molecule has 5 amide bonds. The molecular formula is C52H69N13O12S. The van der Waals surface area contributed by atoms with E-state index in [1.54, 1.807) is 68.1 Å².